The van der Waals surface area contributed by atoms with Crippen molar-refractivity contribution >= 4 is 11.7 Å². The van der Waals surface area contributed by atoms with E-state index >= 15 is 0 Å². The van der Waals surface area contributed by atoms with Gasteiger partial charge in [-0.15, -0.1) is 0 Å². The van der Waals surface area contributed by atoms with Crippen LogP contribution in [0.4, 0.5) is 0 Å². The van der Waals surface area contributed by atoms with Gasteiger partial charge in [0.15, 0.2) is 0 Å². The topological polar surface area (TPSA) is 73.1 Å². The number of rotatable bonds is 5. The normalized spacial score (nSPS) is 12.7. The fraction of sp³-hybridized carbons (Fsp3) is 0.333. The van der Waals surface area contributed by atoms with E-state index in [1.807, 2.05) is 38.1 Å². The molecule has 0 saturated heterocycles. The molecule has 0 aliphatic rings. The van der Waals surface area contributed by atoms with Crippen molar-refractivity contribution in [3.8, 4) is 5.75 Å². The number of nitrogens with zero attached hydrogens (tertiary/aromatic N) is 2. The van der Waals surface area contributed by atoms with Crippen molar-refractivity contribution in [3.05, 3.63) is 41.7 Å². The average Bonchev–Trinajstić information content (AvgIpc) is 2.85. The van der Waals surface area contributed by atoms with Gasteiger partial charge in [-0.3, -0.25) is 5.84 Å². The van der Waals surface area contributed by atoms with Crippen LogP contribution in [0.5, 0.6) is 5.75 Å². The van der Waals surface area contributed by atoms with Gasteiger partial charge in [0.25, 0.3) is 0 Å². The lowest BCUT2D eigenvalue weighted by molar-refractivity contribution is 0.238. The number of hydrogen-bond acceptors (Lipinski definition) is 6. The third-order valence-electron chi connectivity index (χ3n) is 2.43. The van der Waals surface area contributed by atoms with E-state index in [1.165, 1.54) is 0 Å². The number of hydrogen-bond donors (Lipinski definition) is 2. The standard InChI is InChI=1S/C12H16N4OS/c1-8(2)17-11-6-4-3-5-9(11)12(15-13)10-7-14-18-16-10/h3-8,12,15H,13H2,1-2H3. The molecule has 0 spiro atoms. The number of ether oxygens (including phenoxy) is 1. The molecule has 0 fully saturated rings. The van der Waals surface area contributed by atoms with E-state index in [2.05, 4.69) is 14.2 Å². The van der Waals surface area contributed by atoms with Crippen molar-refractivity contribution in [2.75, 3.05) is 0 Å². The summed E-state index contributed by atoms with van der Waals surface area (Å²) >= 11 is 1.16. The first-order chi connectivity index (χ1) is 8.72. The Kier molecular flexibility index (Phi) is 4.24. The maximum absolute atomic E-state index is 5.79. The van der Waals surface area contributed by atoms with Gasteiger partial charge >= 0.3 is 0 Å². The smallest absolute Gasteiger partial charge is 0.124 e. The molecule has 96 valence electrons. The molecule has 0 saturated carbocycles. The lowest BCUT2D eigenvalue weighted by atomic mass is 10.0. The van der Waals surface area contributed by atoms with Gasteiger partial charge < -0.3 is 4.74 Å². The predicted molar refractivity (Wildman–Crippen MR) is 71.3 cm³/mol. The molecule has 2 rings (SSSR count). The molecule has 0 aliphatic heterocycles. The predicted octanol–water partition coefficient (Wildman–Crippen LogP) is 1.88. The molecule has 1 aromatic heterocycles. The summed E-state index contributed by atoms with van der Waals surface area (Å²) < 4.78 is 14.0. The van der Waals surface area contributed by atoms with Crippen LogP contribution in [-0.4, -0.2) is 14.9 Å². The van der Waals surface area contributed by atoms with Crippen molar-refractivity contribution in [2.45, 2.75) is 26.0 Å². The molecule has 2 aromatic rings. The summed E-state index contributed by atoms with van der Waals surface area (Å²) in [6, 6.07) is 7.58. The Labute approximate surface area is 110 Å². The van der Waals surface area contributed by atoms with Gasteiger partial charge in [-0.1, -0.05) is 18.2 Å². The van der Waals surface area contributed by atoms with Gasteiger partial charge in [0, 0.05) is 5.56 Å². The molecule has 3 N–H and O–H groups in total. The minimum atomic E-state index is -0.210. The van der Waals surface area contributed by atoms with E-state index in [1.54, 1.807) is 6.20 Å². The maximum Gasteiger partial charge on any atom is 0.124 e. The van der Waals surface area contributed by atoms with Crippen LogP contribution < -0.4 is 16.0 Å². The van der Waals surface area contributed by atoms with Crippen molar-refractivity contribution < 1.29 is 4.74 Å². The summed E-state index contributed by atoms with van der Waals surface area (Å²) in [5.41, 5.74) is 4.51. The van der Waals surface area contributed by atoms with Crippen molar-refractivity contribution in [2.24, 2.45) is 5.84 Å². The summed E-state index contributed by atoms with van der Waals surface area (Å²) in [6.45, 7) is 3.98. The Bertz CT molecular complexity index is 487. The average molecular weight is 264 g/mol. The number of nitrogens with two attached hydrogens (primary N) is 1. The summed E-state index contributed by atoms with van der Waals surface area (Å²) in [6.07, 6.45) is 1.82. The van der Waals surface area contributed by atoms with Crippen LogP contribution in [0.15, 0.2) is 30.5 Å². The number of nitrogens with one attached hydrogen (secondary N) is 1. The van der Waals surface area contributed by atoms with E-state index in [-0.39, 0.29) is 12.1 Å². The fourth-order valence-electron chi connectivity index (χ4n) is 1.71. The Hall–Kier alpha value is -1.50. The third-order valence-corrected chi connectivity index (χ3v) is 2.93. The largest absolute Gasteiger partial charge is 0.491 e. The maximum atomic E-state index is 5.79. The summed E-state index contributed by atoms with van der Waals surface area (Å²) in [5, 5.41) is 0. The minimum absolute atomic E-state index is 0.109. The molecule has 0 aliphatic carbocycles. The zero-order valence-corrected chi connectivity index (χ0v) is 11.1. The van der Waals surface area contributed by atoms with Gasteiger partial charge in [-0.25, -0.2) is 5.43 Å². The molecule has 18 heavy (non-hydrogen) atoms. The van der Waals surface area contributed by atoms with Crippen LogP contribution in [0.2, 0.25) is 0 Å². The SMILES string of the molecule is CC(C)Oc1ccccc1C(NN)c1cnsn1. The van der Waals surface area contributed by atoms with Gasteiger partial charge in [-0.05, 0) is 19.9 Å². The number of hydrazine groups is 1. The number of para-hydroxylation sites is 1. The zero-order valence-electron chi connectivity index (χ0n) is 10.3. The van der Waals surface area contributed by atoms with Gasteiger partial charge in [0.2, 0.25) is 0 Å². The van der Waals surface area contributed by atoms with Gasteiger partial charge in [-0.2, -0.15) is 8.75 Å². The Morgan fingerprint density at radius 1 is 1.33 bits per heavy atom. The van der Waals surface area contributed by atoms with Crippen LogP contribution in [0.3, 0.4) is 0 Å². The molecule has 1 atom stereocenters. The van der Waals surface area contributed by atoms with Crippen molar-refractivity contribution in [3.63, 3.8) is 0 Å². The Balaban J connectivity index is 2.36. The van der Waals surface area contributed by atoms with E-state index in [0.29, 0.717) is 0 Å². The molecule has 0 radical (unpaired) electrons. The first kappa shape index (κ1) is 12.9. The molecule has 0 bridgehead atoms. The first-order valence-electron chi connectivity index (χ1n) is 5.71. The summed E-state index contributed by atoms with van der Waals surface area (Å²) in [4.78, 5) is 0. The number of benzene rings is 1. The van der Waals surface area contributed by atoms with Crippen molar-refractivity contribution in [1.29, 1.82) is 0 Å². The highest BCUT2D eigenvalue weighted by Gasteiger charge is 2.19. The second-order valence-electron chi connectivity index (χ2n) is 4.14. The lowest BCUT2D eigenvalue weighted by Crippen LogP contribution is -2.29. The zero-order chi connectivity index (χ0) is 13.0. The Morgan fingerprint density at radius 2 is 2.11 bits per heavy atom. The lowest BCUT2D eigenvalue weighted by Gasteiger charge is -2.19. The van der Waals surface area contributed by atoms with Gasteiger partial charge in [0.05, 0.1) is 35.8 Å². The monoisotopic (exact) mass is 264 g/mol. The number of aromatic nitrogens is 2. The quantitative estimate of drug-likeness (QED) is 0.637. The second kappa shape index (κ2) is 5.90. The van der Waals surface area contributed by atoms with E-state index in [0.717, 1.165) is 28.7 Å². The molecule has 1 unspecified atom stereocenters. The fourth-order valence-corrected chi connectivity index (χ4v) is 2.16. The first-order valence-corrected chi connectivity index (χ1v) is 6.44. The van der Waals surface area contributed by atoms with Crippen LogP contribution in [-0.2, 0) is 0 Å². The molecular weight excluding hydrogens is 248 g/mol. The summed E-state index contributed by atoms with van der Waals surface area (Å²) in [7, 11) is 0. The van der Waals surface area contributed by atoms with Crippen LogP contribution >= 0.6 is 11.7 Å². The van der Waals surface area contributed by atoms with E-state index < -0.39 is 0 Å². The molecular formula is C12H16N4OS. The molecule has 1 heterocycles. The second-order valence-corrected chi connectivity index (χ2v) is 4.69. The van der Waals surface area contributed by atoms with E-state index in [4.69, 9.17) is 10.6 Å². The highest BCUT2D eigenvalue weighted by Crippen LogP contribution is 2.29. The van der Waals surface area contributed by atoms with Crippen LogP contribution in [0.1, 0.15) is 31.1 Å². The van der Waals surface area contributed by atoms with Crippen LogP contribution in [0, 0.1) is 0 Å². The van der Waals surface area contributed by atoms with Gasteiger partial charge in [0.1, 0.15) is 5.75 Å². The molecule has 0 amide bonds. The highest BCUT2D eigenvalue weighted by atomic mass is 32.1. The summed E-state index contributed by atoms with van der Waals surface area (Å²) in [5.74, 6) is 6.44. The Morgan fingerprint density at radius 3 is 2.72 bits per heavy atom. The van der Waals surface area contributed by atoms with E-state index in [9.17, 15) is 0 Å². The molecule has 5 nitrogen and oxygen atoms in total. The third kappa shape index (κ3) is 2.84. The molecule has 1 aromatic carbocycles. The minimum Gasteiger partial charge on any atom is -0.491 e. The van der Waals surface area contributed by atoms with Crippen LogP contribution in [0.25, 0.3) is 0 Å². The molecule has 6 heteroatoms. The highest BCUT2D eigenvalue weighted by molar-refractivity contribution is 6.99. The van der Waals surface area contributed by atoms with Crippen molar-refractivity contribution in [1.82, 2.24) is 14.2 Å².